The Labute approximate surface area is 110 Å². The predicted molar refractivity (Wildman–Crippen MR) is 71.2 cm³/mol. The number of hydrogen-bond donors (Lipinski definition) is 1. The van der Waals surface area contributed by atoms with Gasteiger partial charge in [-0.3, -0.25) is 4.79 Å². The second-order valence-corrected chi connectivity index (χ2v) is 5.40. The van der Waals surface area contributed by atoms with Crippen molar-refractivity contribution in [3.05, 3.63) is 0 Å². The first-order valence-corrected chi connectivity index (χ1v) is 5.98. The van der Waals surface area contributed by atoms with Crippen molar-refractivity contribution < 1.29 is 9.53 Å². The van der Waals surface area contributed by atoms with Crippen molar-refractivity contribution in [2.24, 2.45) is 17.1 Å². The number of ether oxygens (including phenoxy) is 1. The standard InChI is InChI=1S/C12H24N2O2.ClH/c1-5-16-10-6-9(10)11(15)14(4)8-12(2,3)7-13;/h9-10H,5-8,13H2,1-4H3;1H. The zero-order valence-electron chi connectivity index (χ0n) is 11.2. The molecule has 102 valence electrons. The smallest absolute Gasteiger partial charge is 0.228 e. The van der Waals surface area contributed by atoms with E-state index in [1.165, 1.54) is 0 Å². The van der Waals surface area contributed by atoms with Gasteiger partial charge in [-0.05, 0) is 25.3 Å². The lowest BCUT2D eigenvalue weighted by molar-refractivity contribution is -0.133. The molecule has 1 aliphatic rings. The molecule has 1 fully saturated rings. The summed E-state index contributed by atoms with van der Waals surface area (Å²) < 4.78 is 5.42. The number of nitrogens with zero attached hydrogens (tertiary/aromatic N) is 1. The summed E-state index contributed by atoms with van der Waals surface area (Å²) >= 11 is 0. The minimum absolute atomic E-state index is 0. The van der Waals surface area contributed by atoms with Crippen LogP contribution in [0.25, 0.3) is 0 Å². The lowest BCUT2D eigenvalue weighted by atomic mass is 9.93. The monoisotopic (exact) mass is 264 g/mol. The molecule has 5 heteroatoms. The molecule has 0 heterocycles. The molecule has 0 saturated heterocycles. The molecule has 1 amide bonds. The first-order chi connectivity index (χ1) is 7.41. The molecule has 0 aliphatic heterocycles. The van der Waals surface area contributed by atoms with Crippen molar-refractivity contribution in [3.8, 4) is 0 Å². The van der Waals surface area contributed by atoms with Gasteiger partial charge in [-0.25, -0.2) is 0 Å². The van der Waals surface area contributed by atoms with Gasteiger partial charge >= 0.3 is 0 Å². The Morgan fingerprint density at radius 2 is 2.12 bits per heavy atom. The molecular formula is C12H25ClN2O2. The first kappa shape index (κ1) is 16.7. The Balaban J connectivity index is 0.00000256. The molecule has 1 rings (SSSR count). The van der Waals surface area contributed by atoms with Crippen LogP contribution in [0.15, 0.2) is 0 Å². The van der Waals surface area contributed by atoms with Crippen LogP contribution in [-0.2, 0) is 9.53 Å². The van der Waals surface area contributed by atoms with Crippen molar-refractivity contribution in [1.29, 1.82) is 0 Å². The van der Waals surface area contributed by atoms with Crippen LogP contribution >= 0.6 is 12.4 Å². The number of halogens is 1. The second kappa shape index (κ2) is 6.57. The Bertz CT molecular complexity index is 259. The van der Waals surface area contributed by atoms with Crippen molar-refractivity contribution in [2.75, 3.05) is 26.7 Å². The number of carbonyl (C=O) groups is 1. The highest BCUT2D eigenvalue weighted by Gasteiger charge is 2.45. The van der Waals surface area contributed by atoms with E-state index in [0.29, 0.717) is 19.7 Å². The van der Waals surface area contributed by atoms with Crippen molar-refractivity contribution in [3.63, 3.8) is 0 Å². The number of amides is 1. The Hall–Kier alpha value is -0.320. The van der Waals surface area contributed by atoms with E-state index in [2.05, 4.69) is 13.8 Å². The third-order valence-corrected chi connectivity index (χ3v) is 3.02. The molecule has 1 aliphatic carbocycles. The summed E-state index contributed by atoms with van der Waals surface area (Å²) in [4.78, 5) is 13.8. The van der Waals surface area contributed by atoms with Gasteiger partial charge < -0.3 is 15.4 Å². The molecule has 0 bridgehead atoms. The van der Waals surface area contributed by atoms with E-state index in [1.54, 1.807) is 4.90 Å². The van der Waals surface area contributed by atoms with Crippen LogP contribution in [0.1, 0.15) is 27.2 Å². The molecule has 1 saturated carbocycles. The first-order valence-electron chi connectivity index (χ1n) is 5.98. The molecule has 0 radical (unpaired) electrons. The van der Waals surface area contributed by atoms with Gasteiger partial charge in [0.1, 0.15) is 0 Å². The number of nitrogens with two attached hydrogens (primary N) is 1. The van der Waals surface area contributed by atoms with Crippen LogP contribution in [0.4, 0.5) is 0 Å². The lowest BCUT2D eigenvalue weighted by Gasteiger charge is -2.29. The maximum atomic E-state index is 12.0. The molecule has 0 aromatic carbocycles. The highest BCUT2D eigenvalue weighted by Crippen LogP contribution is 2.35. The van der Waals surface area contributed by atoms with Crippen molar-refractivity contribution in [2.45, 2.75) is 33.3 Å². The van der Waals surface area contributed by atoms with E-state index in [-0.39, 0.29) is 35.8 Å². The lowest BCUT2D eigenvalue weighted by Crippen LogP contribution is -2.40. The summed E-state index contributed by atoms with van der Waals surface area (Å²) in [5.41, 5.74) is 5.65. The predicted octanol–water partition coefficient (Wildman–Crippen LogP) is 1.28. The van der Waals surface area contributed by atoms with E-state index in [0.717, 1.165) is 6.42 Å². The van der Waals surface area contributed by atoms with Crippen molar-refractivity contribution >= 4 is 18.3 Å². The van der Waals surface area contributed by atoms with Gasteiger partial charge in [-0.2, -0.15) is 0 Å². The Morgan fingerprint density at radius 3 is 2.59 bits per heavy atom. The van der Waals surface area contributed by atoms with E-state index in [1.807, 2.05) is 14.0 Å². The van der Waals surface area contributed by atoms with Gasteiger partial charge in [-0.1, -0.05) is 13.8 Å². The van der Waals surface area contributed by atoms with Crippen molar-refractivity contribution in [1.82, 2.24) is 4.90 Å². The normalized spacial score (nSPS) is 22.9. The van der Waals surface area contributed by atoms with E-state index in [4.69, 9.17) is 10.5 Å². The third kappa shape index (κ3) is 4.82. The molecule has 0 aromatic rings. The van der Waals surface area contributed by atoms with Crippen LogP contribution in [0, 0.1) is 11.3 Å². The SMILES string of the molecule is CCOC1CC1C(=O)N(C)CC(C)(C)CN.Cl. The van der Waals surface area contributed by atoms with Gasteiger partial charge in [0.05, 0.1) is 12.0 Å². The molecule has 2 atom stereocenters. The minimum Gasteiger partial charge on any atom is -0.378 e. The molecule has 17 heavy (non-hydrogen) atoms. The number of hydrogen-bond acceptors (Lipinski definition) is 3. The fraction of sp³-hybridized carbons (Fsp3) is 0.917. The fourth-order valence-electron chi connectivity index (χ4n) is 1.90. The fourth-order valence-corrected chi connectivity index (χ4v) is 1.90. The highest BCUT2D eigenvalue weighted by molar-refractivity contribution is 5.85. The Morgan fingerprint density at radius 1 is 1.53 bits per heavy atom. The third-order valence-electron chi connectivity index (χ3n) is 3.02. The van der Waals surface area contributed by atoms with Crippen LogP contribution in [0.2, 0.25) is 0 Å². The zero-order valence-corrected chi connectivity index (χ0v) is 12.0. The van der Waals surface area contributed by atoms with Crippen LogP contribution in [-0.4, -0.2) is 43.7 Å². The van der Waals surface area contributed by atoms with Crippen LogP contribution < -0.4 is 5.73 Å². The van der Waals surface area contributed by atoms with Gasteiger partial charge in [-0.15, -0.1) is 12.4 Å². The van der Waals surface area contributed by atoms with Gasteiger partial charge in [0.2, 0.25) is 5.91 Å². The number of carbonyl (C=O) groups excluding carboxylic acids is 1. The second-order valence-electron chi connectivity index (χ2n) is 5.40. The Kier molecular flexibility index (Phi) is 6.45. The number of rotatable bonds is 6. The molecule has 2 N–H and O–H groups in total. The van der Waals surface area contributed by atoms with Crippen LogP contribution in [0.3, 0.4) is 0 Å². The average Bonchev–Trinajstić information content (AvgIpc) is 2.96. The topological polar surface area (TPSA) is 55.6 Å². The summed E-state index contributed by atoms with van der Waals surface area (Å²) in [5.74, 6) is 0.276. The summed E-state index contributed by atoms with van der Waals surface area (Å²) in [6, 6.07) is 0. The maximum Gasteiger partial charge on any atom is 0.228 e. The summed E-state index contributed by atoms with van der Waals surface area (Å²) in [6.07, 6.45) is 1.03. The van der Waals surface area contributed by atoms with E-state index in [9.17, 15) is 4.79 Å². The van der Waals surface area contributed by atoms with E-state index < -0.39 is 0 Å². The summed E-state index contributed by atoms with van der Waals surface area (Å²) in [5, 5.41) is 0. The minimum atomic E-state index is -0.0135. The largest absolute Gasteiger partial charge is 0.378 e. The maximum absolute atomic E-state index is 12.0. The molecular weight excluding hydrogens is 240 g/mol. The van der Waals surface area contributed by atoms with Gasteiger partial charge in [0, 0.05) is 20.2 Å². The van der Waals surface area contributed by atoms with Crippen LogP contribution in [0.5, 0.6) is 0 Å². The molecule has 2 unspecified atom stereocenters. The quantitative estimate of drug-likeness (QED) is 0.786. The molecule has 4 nitrogen and oxygen atoms in total. The molecule has 0 aromatic heterocycles. The average molecular weight is 265 g/mol. The van der Waals surface area contributed by atoms with Gasteiger partial charge in [0.25, 0.3) is 0 Å². The van der Waals surface area contributed by atoms with Gasteiger partial charge in [0.15, 0.2) is 0 Å². The summed E-state index contributed by atoms with van der Waals surface area (Å²) in [6.45, 7) is 8.09. The van der Waals surface area contributed by atoms with E-state index >= 15 is 0 Å². The molecule has 0 spiro atoms. The highest BCUT2D eigenvalue weighted by atomic mass is 35.5. The zero-order chi connectivity index (χ0) is 12.3. The summed E-state index contributed by atoms with van der Waals surface area (Å²) in [7, 11) is 1.85.